The zero-order chi connectivity index (χ0) is 23.4. The number of aromatic nitrogens is 4. The predicted molar refractivity (Wildman–Crippen MR) is 125 cm³/mol. The highest BCUT2D eigenvalue weighted by Crippen LogP contribution is 2.37. The largest absolute Gasteiger partial charge is 0.388 e. The van der Waals surface area contributed by atoms with Crippen molar-refractivity contribution in [2.24, 2.45) is 5.92 Å². The minimum absolute atomic E-state index is 0.136. The number of hydrogen-bond donors (Lipinski definition) is 4. The van der Waals surface area contributed by atoms with Crippen LogP contribution in [0.15, 0.2) is 48.4 Å². The van der Waals surface area contributed by atoms with Crippen molar-refractivity contribution in [3.63, 3.8) is 0 Å². The molecule has 4 atom stereocenters. The maximum absolute atomic E-state index is 14.7. The third-order valence-electron chi connectivity index (χ3n) is 6.27. The number of pyridine rings is 1. The number of nitrogens with two attached hydrogens (primary N) is 2. The second-order valence-electron chi connectivity index (χ2n) is 8.42. The predicted octanol–water partition coefficient (Wildman–Crippen LogP) is 3.02. The molecule has 0 aliphatic heterocycles. The topological polar surface area (TPSA) is 136 Å². The van der Waals surface area contributed by atoms with Gasteiger partial charge in [-0.3, -0.25) is 0 Å². The van der Waals surface area contributed by atoms with Gasteiger partial charge in [0, 0.05) is 11.6 Å². The van der Waals surface area contributed by atoms with Crippen molar-refractivity contribution in [2.45, 2.75) is 31.6 Å². The van der Waals surface area contributed by atoms with Crippen molar-refractivity contribution < 1.29 is 14.6 Å². The van der Waals surface area contributed by atoms with Crippen LogP contribution in [0.3, 0.4) is 0 Å². The molecule has 0 spiro atoms. The molecule has 6 N–H and O–H groups in total. The third-order valence-corrected chi connectivity index (χ3v) is 6.58. The zero-order valence-electron chi connectivity index (χ0n) is 17.7. The summed E-state index contributed by atoms with van der Waals surface area (Å²) in [6.45, 7) is 1.92. The Bertz CT molecular complexity index is 1420. The van der Waals surface area contributed by atoms with E-state index in [0.717, 1.165) is 0 Å². The Balaban J connectivity index is 1.46. The van der Waals surface area contributed by atoms with Crippen LogP contribution in [0.25, 0.3) is 21.9 Å². The standard InChI is InChI=1S/C23H22ClFN6O2/c1-10(4-11-5-16(25)14-7-15(24)22(27)30-17(14)6-11)13-8-18(20(33)19(13)32)31-3-2-12-21(26)28-9-29-23(12)31/h2-3,5-10,18-20,32-33H,4H2,1H3,(H2,27,30)(H2,26,28,29)/t10?,18?,19?,20-/m1/s1. The molecule has 1 aliphatic carbocycles. The van der Waals surface area contributed by atoms with Gasteiger partial charge in [0.15, 0.2) is 0 Å². The number of aliphatic hydroxyl groups is 2. The molecule has 0 saturated carbocycles. The van der Waals surface area contributed by atoms with Gasteiger partial charge in [-0.05, 0) is 47.7 Å². The summed E-state index contributed by atoms with van der Waals surface area (Å²) in [7, 11) is 0. The van der Waals surface area contributed by atoms with Crippen LogP contribution in [-0.2, 0) is 6.42 Å². The Morgan fingerprint density at radius 1 is 1.15 bits per heavy atom. The SMILES string of the molecule is CC(Cc1cc(F)c2cc(Cl)c(N)nc2c1)C1=CC(n2ccc3c(N)ncnc32)[C@@H](O)C1O. The number of anilines is 2. The number of nitrogens with zero attached hydrogens (tertiary/aromatic N) is 4. The Morgan fingerprint density at radius 3 is 2.73 bits per heavy atom. The summed E-state index contributed by atoms with van der Waals surface area (Å²) in [5.41, 5.74) is 14.0. The van der Waals surface area contributed by atoms with E-state index in [-0.39, 0.29) is 16.8 Å². The van der Waals surface area contributed by atoms with Gasteiger partial charge in [0.1, 0.15) is 41.6 Å². The molecule has 1 aliphatic rings. The second-order valence-corrected chi connectivity index (χ2v) is 8.82. The maximum atomic E-state index is 14.7. The van der Waals surface area contributed by atoms with Gasteiger partial charge in [0.25, 0.3) is 0 Å². The molecule has 3 heterocycles. The van der Waals surface area contributed by atoms with Crippen LogP contribution in [0.1, 0.15) is 18.5 Å². The molecule has 0 fully saturated rings. The van der Waals surface area contributed by atoms with Crippen molar-refractivity contribution in [1.82, 2.24) is 19.5 Å². The molecular weight excluding hydrogens is 447 g/mol. The van der Waals surface area contributed by atoms with E-state index in [1.807, 2.05) is 13.0 Å². The maximum Gasteiger partial charge on any atom is 0.146 e. The Hall–Kier alpha value is -3.27. The highest BCUT2D eigenvalue weighted by Gasteiger charge is 2.38. The average molecular weight is 469 g/mol. The molecule has 1 aromatic carbocycles. The number of benzene rings is 1. The minimum Gasteiger partial charge on any atom is -0.388 e. The molecule has 0 radical (unpaired) electrons. The molecule has 0 bridgehead atoms. The van der Waals surface area contributed by atoms with Gasteiger partial charge in [-0.2, -0.15) is 0 Å². The van der Waals surface area contributed by atoms with Crippen molar-refractivity contribution in [2.75, 3.05) is 11.5 Å². The molecule has 0 saturated heterocycles. The fourth-order valence-corrected chi connectivity index (χ4v) is 4.73. The van der Waals surface area contributed by atoms with E-state index in [9.17, 15) is 14.6 Å². The average Bonchev–Trinajstić information content (AvgIpc) is 3.32. The van der Waals surface area contributed by atoms with Gasteiger partial charge in [-0.1, -0.05) is 24.6 Å². The lowest BCUT2D eigenvalue weighted by Gasteiger charge is -2.21. The quantitative estimate of drug-likeness (QED) is 0.338. The van der Waals surface area contributed by atoms with Crippen LogP contribution in [0.4, 0.5) is 16.0 Å². The van der Waals surface area contributed by atoms with Gasteiger partial charge >= 0.3 is 0 Å². The normalized spacial score (nSPS) is 21.6. The number of hydrogen-bond acceptors (Lipinski definition) is 7. The van der Waals surface area contributed by atoms with E-state index in [1.54, 1.807) is 22.9 Å². The fourth-order valence-electron chi connectivity index (χ4n) is 4.58. The van der Waals surface area contributed by atoms with Gasteiger partial charge in [0.2, 0.25) is 0 Å². The summed E-state index contributed by atoms with van der Waals surface area (Å²) in [5, 5.41) is 22.7. The summed E-state index contributed by atoms with van der Waals surface area (Å²) in [5.74, 6) is -0.142. The first-order valence-corrected chi connectivity index (χ1v) is 10.8. The minimum atomic E-state index is -1.07. The molecule has 10 heteroatoms. The first-order chi connectivity index (χ1) is 15.7. The number of aliphatic hydroxyl groups excluding tert-OH is 2. The first-order valence-electron chi connectivity index (χ1n) is 10.4. The second kappa shape index (κ2) is 7.95. The van der Waals surface area contributed by atoms with Crippen molar-refractivity contribution in [3.05, 3.63) is 64.8 Å². The molecule has 8 nitrogen and oxygen atoms in total. The first kappa shape index (κ1) is 21.6. The van der Waals surface area contributed by atoms with E-state index in [0.29, 0.717) is 45.3 Å². The Morgan fingerprint density at radius 2 is 1.94 bits per heavy atom. The molecule has 0 amide bonds. The van der Waals surface area contributed by atoms with E-state index in [2.05, 4.69) is 15.0 Å². The van der Waals surface area contributed by atoms with Crippen LogP contribution in [0, 0.1) is 11.7 Å². The van der Waals surface area contributed by atoms with E-state index in [1.165, 1.54) is 18.5 Å². The molecule has 3 unspecified atom stereocenters. The van der Waals surface area contributed by atoms with Crippen LogP contribution < -0.4 is 11.5 Å². The highest BCUT2D eigenvalue weighted by molar-refractivity contribution is 6.33. The smallest absolute Gasteiger partial charge is 0.146 e. The number of nitrogen functional groups attached to an aromatic ring is 2. The lowest BCUT2D eigenvalue weighted by Crippen LogP contribution is -2.30. The summed E-state index contributed by atoms with van der Waals surface area (Å²) in [4.78, 5) is 12.4. The van der Waals surface area contributed by atoms with Crippen LogP contribution >= 0.6 is 11.6 Å². The fraction of sp³-hybridized carbons (Fsp3) is 0.261. The Labute approximate surface area is 193 Å². The molecular formula is C23H22ClFN6O2. The Kier molecular flexibility index (Phi) is 5.19. The van der Waals surface area contributed by atoms with E-state index >= 15 is 0 Å². The summed E-state index contributed by atoms with van der Waals surface area (Å²) in [6, 6.07) is 5.91. The monoisotopic (exact) mass is 468 g/mol. The van der Waals surface area contributed by atoms with E-state index in [4.69, 9.17) is 23.1 Å². The summed E-state index contributed by atoms with van der Waals surface area (Å²) in [6.07, 6.45) is 3.26. The third kappa shape index (κ3) is 3.58. The number of halogens is 2. The van der Waals surface area contributed by atoms with Crippen molar-refractivity contribution in [1.29, 1.82) is 0 Å². The number of fused-ring (bicyclic) bond motifs is 2. The van der Waals surface area contributed by atoms with E-state index < -0.39 is 24.1 Å². The summed E-state index contributed by atoms with van der Waals surface area (Å²) >= 11 is 5.97. The van der Waals surface area contributed by atoms with Crippen LogP contribution in [-0.4, -0.2) is 41.9 Å². The molecule has 170 valence electrons. The molecule has 33 heavy (non-hydrogen) atoms. The van der Waals surface area contributed by atoms with Gasteiger partial charge < -0.3 is 26.2 Å². The molecule has 5 rings (SSSR count). The molecule has 3 aromatic heterocycles. The summed E-state index contributed by atoms with van der Waals surface area (Å²) < 4.78 is 16.5. The van der Waals surface area contributed by atoms with Crippen LogP contribution in [0.2, 0.25) is 5.02 Å². The molecule has 4 aromatic rings. The van der Waals surface area contributed by atoms with Crippen molar-refractivity contribution in [3.8, 4) is 0 Å². The van der Waals surface area contributed by atoms with Crippen molar-refractivity contribution >= 4 is 45.2 Å². The lowest BCUT2D eigenvalue weighted by atomic mass is 9.91. The van der Waals surface area contributed by atoms with Gasteiger partial charge in [-0.25, -0.2) is 19.3 Å². The van der Waals surface area contributed by atoms with Gasteiger partial charge in [-0.15, -0.1) is 0 Å². The van der Waals surface area contributed by atoms with Crippen LogP contribution in [0.5, 0.6) is 0 Å². The van der Waals surface area contributed by atoms with Gasteiger partial charge in [0.05, 0.1) is 22.0 Å². The zero-order valence-corrected chi connectivity index (χ0v) is 18.4. The highest BCUT2D eigenvalue weighted by atomic mass is 35.5. The lowest BCUT2D eigenvalue weighted by molar-refractivity contribution is 0.0293. The number of rotatable bonds is 4.